The highest BCUT2D eigenvalue weighted by molar-refractivity contribution is 7.90. The molecule has 0 fully saturated rings. The first-order valence-corrected chi connectivity index (χ1v) is 9.68. The first-order valence-electron chi connectivity index (χ1n) is 7.41. The molecule has 3 rings (SSSR count). The molecule has 1 N–H and O–H groups in total. The normalized spacial score (nSPS) is 12.0. The van der Waals surface area contributed by atoms with E-state index in [0.717, 1.165) is 12.1 Å². The molecular weight excluding hydrogens is 408 g/mol. The minimum absolute atomic E-state index is 0.0906. The Morgan fingerprint density at radius 1 is 1.04 bits per heavy atom. The Kier molecular flexibility index (Phi) is 5.00. The second-order valence-corrected chi connectivity index (χ2v) is 8.08. The third-order valence-corrected chi connectivity index (χ3v) is 5.09. The summed E-state index contributed by atoms with van der Waals surface area (Å²) < 4.78 is 77.7. The van der Waals surface area contributed by atoms with E-state index in [1.54, 1.807) is 0 Å². The number of rotatable bonds is 4. The second kappa shape index (κ2) is 6.97. The van der Waals surface area contributed by atoms with Crippen LogP contribution in [0.3, 0.4) is 0 Å². The van der Waals surface area contributed by atoms with Gasteiger partial charge in [0.2, 0.25) is 0 Å². The number of imidazole rings is 1. The Morgan fingerprint density at radius 3 is 2.07 bits per heavy atom. The van der Waals surface area contributed by atoms with Gasteiger partial charge < -0.3 is 4.98 Å². The maximum atomic E-state index is 14.2. The summed E-state index contributed by atoms with van der Waals surface area (Å²) >= 11 is 5.81. The zero-order valence-corrected chi connectivity index (χ0v) is 15.2. The quantitative estimate of drug-likeness (QED) is 0.605. The van der Waals surface area contributed by atoms with Gasteiger partial charge in [0.05, 0.1) is 11.4 Å². The molecule has 1 aromatic heterocycles. The fourth-order valence-corrected chi connectivity index (χ4v) is 3.53. The van der Waals surface area contributed by atoms with Crippen molar-refractivity contribution in [3.63, 3.8) is 0 Å². The van der Waals surface area contributed by atoms with Gasteiger partial charge in [-0.2, -0.15) is 0 Å². The average Bonchev–Trinajstić information content (AvgIpc) is 2.99. The molecule has 0 atom stereocenters. The van der Waals surface area contributed by atoms with Crippen LogP contribution in [-0.4, -0.2) is 24.6 Å². The highest BCUT2D eigenvalue weighted by Gasteiger charge is 2.24. The molecule has 0 amide bonds. The van der Waals surface area contributed by atoms with Crippen LogP contribution in [0.1, 0.15) is 12.2 Å². The van der Waals surface area contributed by atoms with Crippen molar-refractivity contribution in [3.8, 4) is 22.5 Å². The van der Waals surface area contributed by atoms with E-state index >= 15 is 0 Å². The molecule has 0 spiro atoms. The monoisotopic (exact) mass is 418 g/mol. The van der Waals surface area contributed by atoms with Gasteiger partial charge in [-0.3, -0.25) is 0 Å². The van der Waals surface area contributed by atoms with E-state index in [1.165, 1.54) is 24.3 Å². The zero-order valence-electron chi connectivity index (χ0n) is 13.6. The van der Waals surface area contributed by atoms with Gasteiger partial charge >= 0.3 is 0 Å². The summed E-state index contributed by atoms with van der Waals surface area (Å²) in [6.07, 6.45) is -2.29. The van der Waals surface area contributed by atoms with Crippen LogP contribution in [-0.2, 0) is 9.84 Å². The summed E-state index contributed by atoms with van der Waals surface area (Å²) in [6, 6.07) is 7.54. The average molecular weight is 419 g/mol. The van der Waals surface area contributed by atoms with E-state index < -0.39 is 38.6 Å². The largest absolute Gasteiger partial charge is 0.337 e. The van der Waals surface area contributed by atoms with E-state index in [0.29, 0.717) is 16.8 Å². The summed E-state index contributed by atoms with van der Waals surface area (Å²) in [4.78, 5) is 5.07. The van der Waals surface area contributed by atoms with Gasteiger partial charge in [-0.15, -0.1) is 0 Å². The highest BCUT2D eigenvalue weighted by Crippen LogP contribution is 2.35. The molecule has 10 heteroatoms. The molecule has 0 saturated heterocycles. The number of H-pyrrole nitrogens is 1. The fourth-order valence-electron chi connectivity index (χ4n) is 2.58. The number of benzene rings is 2. The fraction of sp³-hybridized carbons (Fsp3) is 0.118. The minimum atomic E-state index is -4.15. The van der Waals surface area contributed by atoms with Crippen LogP contribution >= 0.6 is 11.6 Å². The molecule has 0 radical (unpaired) electrons. The number of nitrogens with one attached hydrogen (secondary N) is 1. The Balaban J connectivity index is 2.24. The molecule has 0 saturated carbocycles. The molecular formula is C17H11ClF4N2O2S. The van der Waals surface area contributed by atoms with Crippen LogP contribution in [0.2, 0.25) is 5.02 Å². The summed E-state index contributed by atoms with van der Waals surface area (Å²) in [6.45, 7) is 0. The third kappa shape index (κ3) is 3.84. The van der Waals surface area contributed by atoms with Crippen LogP contribution < -0.4 is 0 Å². The number of nitrogens with zero attached hydrogens (tertiary/aromatic N) is 1. The van der Waals surface area contributed by atoms with Crippen LogP contribution in [0.15, 0.2) is 41.3 Å². The van der Waals surface area contributed by atoms with E-state index in [-0.39, 0.29) is 17.0 Å². The lowest BCUT2D eigenvalue weighted by atomic mass is 10.0. The highest BCUT2D eigenvalue weighted by atomic mass is 35.5. The Bertz CT molecular complexity index is 1090. The Labute approximate surface area is 156 Å². The molecule has 3 aromatic rings. The maximum Gasteiger partial charge on any atom is 0.295 e. The number of halogens is 5. The number of sulfone groups is 1. The predicted octanol–water partition coefficient (Wildman–Crippen LogP) is 5.02. The molecule has 0 aliphatic heterocycles. The van der Waals surface area contributed by atoms with Crippen molar-refractivity contribution < 1.29 is 26.0 Å². The van der Waals surface area contributed by atoms with Gasteiger partial charge in [-0.25, -0.2) is 31.0 Å². The van der Waals surface area contributed by atoms with Gasteiger partial charge in [0.15, 0.2) is 15.7 Å². The Hall–Kier alpha value is -2.39. The van der Waals surface area contributed by atoms with Gasteiger partial charge in [0.25, 0.3) is 6.43 Å². The number of aromatic nitrogens is 2. The van der Waals surface area contributed by atoms with E-state index in [4.69, 9.17) is 11.6 Å². The molecule has 142 valence electrons. The van der Waals surface area contributed by atoms with Crippen LogP contribution in [0.5, 0.6) is 0 Å². The van der Waals surface area contributed by atoms with Crippen molar-refractivity contribution in [1.82, 2.24) is 9.97 Å². The molecule has 0 bridgehead atoms. The molecule has 2 aromatic carbocycles. The van der Waals surface area contributed by atoms with Crippen molar-refractivity contribution in [3.05, 3.63) is 58.9 Å². The molecule has 0 aliphatic carbocycles. The number of alkyl halides is 2. The first kappa shape index (κ1) is 19.4. The molecule has 0 unspecified atom stereocenters. The third-order valence-electron chi connectivity index (χ3n) is 3.70. The van der Waals surface area contributed by atoms with Gasteiger partial charge in [-0.1, -0.05) is 23.7 Å². The smallest absolute Gasteiger partial charge is 0.295 e. The zero-order chi connectivity index (χ0) is 19.9. The standard InChI is InChI=1S/C17H11ClF4N2O2S/c1-27(25,26)15-11(19)6-9(7-12(15)20)14-13(23-17(24-14)16(21)22)8-2-4-10(18)5-3-8/h2-7,16H,1H3,(H,23,24). The second-order valence-electron chi connectivity index (χ2n) is 5.69. The lowest BCUT2D eigenvalue weighted by Gasteiger charge is -2.07. The number of hydrogen-bond donors (Lipinski definition) is 1. The van der Waals surface area contributed by atoms with Crippen molar-refractivity contribution in [2.75, 3.05) is 6.26 Å². The van der Waals surface area contributed by atoms with E-state index in [2.05, 4.69) is 9.97 Å². The lowest BCUT2D eigenvalue weighted by Crippen LogP contribution is -2.05. The van der Waals surface area contributed by atoms with Crippen molar-refractivity contribution in [2.24, 2.45) is 0 Å². The SMILES string of the molecule is CS(=O)(=O)c1c(F)cc(-c2nc(C(F)F)[nH]c2-c2ccc(Cl)cc2)cc1F. The number of hydrogen-bond acceptors (Lipinski definition) is 3. The molecule has 4 nitrogen and oxygen atoms in total. The summed E-state index contributed by atoms with van der Waals surface area (Å²) in [5.41, 5.74) is 0.158. The molecule has 0 aliphatic rings. The lowest BCUT2D eigenvalue weighted by molar-refractivity contribution is 0.141. The van der Waals surface area contributed by atoms with Crippen LogP contribution in [0.4, 0.5) is 17.6 Å². The van der Waals surface area contributed by atoms with Crippen molar-refractivity contribution in [1.29, 1.82) is 0 Å². The van der Waals surface area contributed by atoms with E-state index in [1.807, 2.05) is 0 Å². The van der Waals surface area contributed by atoms with Gasteiger partial charge in [0, 0.05) is 22.4 Å². The van der Waals surface area contributed by atoms with Crippen molar-refractivity contribution >= 4 is 21.4 Å². The first-order chi connectivity index (χ1) is 12.6. The van der Waals surface area contributed by atoms with E-state index in [9.17, 15) is 26.0 Å². The van der Waals surface area contributed by atoms with Crippen molar-refractivity contribution in [2.45, 2.75) is 11.3 Å². The van der Waals surface area contributed by atoms with Crippen LogP contribution in [0, 0.1) is 11.6 Å². The maximum absolute atomic E-state index is 14.2. The summed E-state index contributed by atoms with van der Waals surface area (Å²) in [5.74, 6) is -3.37. The number of aromatic amines is 1. The van der Waals surface area contributed by atoms with Crippen LogP contribution in [0.25, 0.3) is 22.5 Å². The topological polar surface area (TPSA) is 62.8 Å². The minimum Gasteiger partial charge on any atom is -0.337 e. The molecule has 27 heavy (non-hydrogen) atoms. The summed E-state index contributed by atoms with van der Waals surface area (Å²) in [5, 5.41) is 0.406. The summed E-state index contributed by atoms with van der Waals surface area (Å²) in [7, 11) is -4.15. The Morgan fingerprint density at radius 2 is 1.59 bits per heavy atom. The van der Waals surface area contributed by atoms with Gasteiger partial charge in [-0.05, 0) is 24.3 Å². The molecule has 1 heterocycles. The van der Waals surface area contributed by atoms with Gasteiger partial charge in [0.1, 0.15) is 16.5 Å². The predicted molar refractivity (Wildman–Crippen MR) is 92.5 cm³/mol.